The number of nitrogens with zero attached hydrogens (tertiary/aromatic N) is 3. The van der Waals surface area contributed by atoms with Crippen LogP contribution >= 0.6 is 22.9 Å². The topological polar surface area (TPSA) is 30.7 Å². The summed E-state index contributed by atoms with van der Waals surface area (Å²) >= 11 is 7.40. The van der Waals surface area contributed by atoms with Gasteiger partial charge in [-0.05, 0) is 12.1 Å². The Morgan fingerprint density at radius 2 is 2.28 bits per heavy atom. The molecule has 0 aliphatic heterocycles. The predicted molar refractivity (Wildman–Crippen MR) is 70.5 cm³/mol. The lowest BCUT2D eigenvalue weighted by Gasteiger charge is -2.05. The van der Waals surface area contributed by atoms with Gasteiger partial charge in [-0.3, -0.25) is 0 Å². The van der Waals surface area contributed by atoms with Crippen LogP contribution in [0.5, 0.6) is 0 Å². The molecule has 6 heteroatoms. The number of benzene rings is 1. The lowest BCUT2D eigenvalue weighted by atomic mass is 10.3. The lowest BCUT2D eigenvalue weighted by molar-refractivity contribution is 0.637. The highest BCUT2D eigenvalue weighted by Gasteiger charge is 2.13. The summed E-state index contributed by atoms with van der Waals surface area (Å²) in [6.45, 7) is 0.561. The number of halogens is 2. The van der Waals surface area contributed by atoms with Crippen molar-refractivity contribution in [3.05, 3.63) is 46.4 Å². The van der Waals surface area contributed by atoms with E-state index in [1.165, 1.54) is 17.4 Å². The molecule has 0 aliphatic rings. The van der Waals surface area contributed by atoms with Gasteiger partial charge in [0.25, 0.3) is 0 Å². The smallest absolute Gasteiger partial charge is 0.151 e. The number of fused-ring (bicyclic) bond motifs is 1. The van der Waals surface area contributed by atoms with E-state index in [4.69, 9.17) is 11.6 Å². The van der Waals surface area contributed by atoms with Crippen LogP contribution in [-0.4, -0.2) is 14.5 Å². The van der Waals surface area contributed by atoms with Crippen molar-refractivity contribution in [2.75, 3.05) is 0 Å². The Bertz CT molecular complexity index is 678. The molecule has 0 N–H and O–H groups in total. The molecule has 0 saturated heterocycles. The molecule has 0 bridgehead atoms. The van der Waals surface area contributed by atoms with Gasteiger partial charge in [-0.2, -0.15) is 0 Å². The summed E-state index contributed by atoms with van der Waals surface area (Å²) in [6.07, 6.45) is 0. The van der Waals surface area contributed by atoms with E-state index in [-0.39, 0.29) is 11.7 Å². The molecular formula is C12H9ClFN3S. The van der Waals surface area contributed by atoms with E-state index in [1.807, 2.05) is 16.0 Å². The first-order valence-electron chi connectivity index (χ1n) is 5.36. The summed E-state index contributed by atoms with van der Waals surface area (Å²) in [5, 5.41) is 1.96. The molecule has 0 atom stereocenters. The first-order valence-corrected chi connectivity index (χ1v) is 6.84. The van der Waals surface area contributed by atoms with Crippen molar-refractivity contribution in [3.8, 4) is 0 Å². The van der Waals surface area contributed by atoms with Crippen molar-refractivity contribution < 1.29 is 4.39 Å². The minimum absolute atomic E-state index is 0.248. The van der Waals surface area contributed by atoms with Crippen LogP contribution in [0.2, 0.25) is 0 Å². The predicted octanol–water partition coefficient (Wildman–Crippen LogP) is 3.42. The van der Waals surface area contributed by atoms with E-state index in [2.05, 4.69) is 9.97 Å². The highest BCUT2D eigenvalue weighted by molar-refractivity contribution is 7.07. The van der Waals surface area contributed by atoms with Gasteiger partial charge in [0.15, 0.2) is 5.82 Å². The van der Waals surface area contributed by atoms with Gasteiger partial charge in [0.1, 0.15) is 11.3 Å². The second-order valence-corrected chi connectivity index (χ2v) is 4.82. The summed E-state index contributed by atoms with van der Waals surface area (Å²) in [5.74, 6) is 0.582. The first-order chi connectivity index (χ1) is 8.79. The number of hydrogen-bond donors (Lipinski definition) is 0. The van der Waals surface area contributed by atoms with Gasteiger partial charge in [0.05, 0.1) is 29.1 Å². The van der Waals surface area contributed by atoms with Crippen LogP contribution in [-0.2, 0) is 12.4 Å². The molecule has 0 unspecified atom stereocenters. The quantitative estimate of drug-likeness (QED) is 0.689. The standard InChI is InChI=1S/C12H9ClFN3S/c13-4-11-16-12-9(14)2-1-3-10(12)17(11)5-8-6-18-7-15-8/h1-3,6-7H,4-5H2. The number of alkyl halides is 1. The molecule has 1 aromatic carbocycles. The van der Waals surface area contributed by atoms with Gasteiger partial charge in [-0.15, -0.1) is 22.9 Å². The van der Waals surface area contributed by atoms with E-state index < -0.39 is 0 Å². The molecular weight excluding hydrogens is 273 g/mol. The van der Waals surface area contributed by atoms with E-state index >= 15 is 0 Å². The maximum Gasteiger partial charge on any atom is 0.151 e. The molecule has 3 nitrogen and oxygen atoms in total. The van der Waals surface area contributed by atoms with Crippen molar-refractivity contribution in [2.45, 2.75) is 12.4 Å². The van der Waals surface area contributed by atoms with Gasteiger partial charge in [-0.1, -0.05) is 6.07 Å². The highest BCUT2D eigenvalue weighted by Crippen LogP contribution is 2.21. The largest absolute Gasteiger partial charge is 0.321 e. The highest BCUT2D eigenvalue weighted by atomic mass is 35.5. The SMILES string of the molecule is Fc1cccc2c1nc(CCl)n2Cc1cscn1. The van der Waals surface area contributed by atoms with Gasteiger partial charge in [0.2, 0.25) is 0 Å². The van der Waals surface area contributed by atoms with E-state index in [0.29, 0.717) is 17.9 Å². The minimum Gasteiger partial charge on any atom is -0.321 e. The molecule has 3 aromatic rings. The van der Waals surface area contributed by atoms with Crippen LogP contribution in [0, 0.1) is 5.82 Å². The van der Waals surface area contributed by atoms with E-state index in [9.17, 15) is 4.39 Å². The third kappa shape index (κ3) is 1.89. The average molecular weight is 282 g/mol. The number of aromatic nitrogens is 3. The Morgan fingerprint density at radius 1 is 1.39 bits per heavy atom. The van der Waals surface area contributed by atoms with Gasteiger partial charge >= 0.3 is 0 Å². The van der Waals surface area contributed by atoms with Gasteiger partial charge in [-0.25, -0.2) is 14.4 Å². The number of para-hydroxylation sites is 1. The van der Waals surface area contributed by atoms with E-state index in [1.54, 1.807) is 11.6 Å². The Morgan fingerprint density at radius 3 is 3.00 bits per heavy atom. The fourth-order valence-corrected chi connectivity index (χ4v) is 2.67. The molecule has 0 radical (unpaired) electrons. The summed E-state index contributed by atoms with van der Waals surface area (Å²) in [4.78, 5) is 8.47. The minimum atomic E-state index is -0.323. The summed E-state index contributed by atoms with van der Waals surface area (Å²) in [6, 6.07) is 4.92. The zero-order valence-electron chi connectivity index (χ0n) is 9.31. The Labute approximate surface area is 112 Å². The van der Waals surface area contributed by atoms with Crippen LogP contribution in [0.15, 0.2) is 29.1 Å². The Balaban J connectivity index is 2.17. The third-order valence-electron chi connectivity index (χ3n) is 2.73. The zero-order chi connectivity index (χ0) is 12.5. The molecule has 0 spiro atoms. The van der Waals surface area contributed by atoms with Crippen LogP contribution in [0.1, 0.15) is 11.5 Å². The van der Waals surface area contributed by atoms with Crippen LogP contribution in [0.3, 0.4) is 0 Å². The summed E-state index contributed by atoms with van der Waals surface area (Å²) in [5.41, 5.74) is 3.81. The molecule has 0 saturated carbocycles. The Kier molecular flexibility index (Phi) is 3.01. The molecule has 0 amide bonds. The zero-order valence-corrected chi connectivity index (χ0v) is 10.9. The van der Waals surface area contributed by atoms with Crippen LogP contribution < -0.4 is 0 Å². The number of imidazole rings is 1. The van der Waals surface area contributed by atoms with Crippen molar-refractivity contribution in [3.63, 3.8) is 0 Å². The number of rotatable bonds is 3. The summed E-state index contributed by atoms with van der Waals surface area (Å²) < 4.78 is 15.6. The fraction of sp³-hybridized carbons (Fsp3) is 0.167. The maximum atomic E-state index is 13.7. The molecule has 18 heavy (non-hydrogen) atoms. The van der Waals surface area contributed by atoms with Gasteiger partial charge in [0, 0.05) is 5.38 Å². The van der Waals surface area contributed by atoms with Crippen molar-refractivity contribution in [1.82, 2.24) is 14.5 Å². The molecule has 2 aromatic heterocycles. The Hall–Kier alpha value is -1.46. The second-order valence-electron chi connectivity index (χ2n) is 3.84. The van der Waals surface area contributed by atoms with E-state index in [0.717, 1.165) is 11.2 Å². The lowest BCUT2D eigenvalue weighted by Crippen LogP contribution is -2.03. The molecule has 3 rings (SSSR count). The normalized spacial score (nSPS) is 11.2. The summed E-state index contributed by atoms with van der Waals surface area (Å²) in [7, 11) is 0. The maximum absolute atomic E-state index is 13.7. The fourth-order valence-electron chi connectivity index (χ4n) is 1.92. The number of hydrogen-bond acceptors (Lipinski definition) is 3. The van der Waals surface area contributed by atoms with Crippen molar-refractivity contribution in [1.29, 1.82) is 0 Å². The van der Waals surface area contributed by atoms with Crippen LogP contribution in [0.25, 0.3) is 11.0 Å². The van der Waals surface area contributed by atoms with Gasteiger partial charge < -0.3 is 4.57 Å². The number of thiazole rings is 1. The third-order valence-corrected chi connectivity index (χ3v) is 3.61. The molecule has 2 heterocycles. The first kappa shape index (κ1) is 11.6. The van der Waals surface area contributed by atoms with Crippen molar-refractivity contribution >= 4 is 34.0 Å². The molecule has 0 aliphatic carbocycles. The molecule has 92 valence electrons. The monoisotopic (exact) mass is 281 g/mol. The van der Waals surface area contributed by atoms with Crippen LogP contribution in [0.4, 0.5) is 4.39 Å². The molecule has 0 fully saturated rings. The second kappa shape index (κ2) is 4.66. The van der Waals surface area contributed by atoms with Crippen molar-refractivity contribution in [2.24, 2.45) is 0 Å². The average Bonchev–Trinajstić information content (AvgIpc) is 2.99.